The summed E-state index contributed by atoms with van der Waals surface area (Å²) in [6.45, 7) is 4.92. The van der Waals surface area contributed by atoms with E-state index in [9.17, 15) is 19.4 Å². The van der Waals surface area contributed by atoms with Crippen molar-refractivity contribution >= 4 is 5.97 Å². The Labute approximate surface area is 173 Å². The molecule has 0 amide bonds. The van der Waals surface area contributed by atoms with Gasteiger partial charge in [0.05, 0.1) is 36.6 Å². The minimum atomic E-state index is -1.08. The minimum Gasteiger partial charge on any atom is -0.478 e. The zero-order valence-electron chi connectivity index (χ0n) is 16.8. The van der Waals surface area contributed by atoms with Crippen molar-refractivity contribution in [3.8, 4) is 0 Å². The second-order valence-corrected chi connectivity index (χ2v) is 7.25. The molecule has 0 spiro atoms. The maximum atomic E-state index is 13.2. The lowest BCUT2D eigenvalue weighted by atomic mass is 10.2. The van der Waals surface area contributed by atoms with E-state index in [-0.39, 0.29) is 23.9 Å². The molecule has 2 aromatic heterocycles. The highest BCUT2D eigenvalue weighted by Crippen LogP contribution is 2.16. The van der Waals surface area contributed by atoms with Crippen LogP contribution in [0.25, 0.3) is 0 Å². The molecule has 9 heteroatoms. The Morgan fingerprint density at radius 1 is 1.13 bits per heavy atom. The lowest BCUT2D eigenvalue weighted by molar-refractivity contribution is 0.0696. The lowest BCUT2D eigenvalue weighted by Gasteiger charge is -2.13. The van der Waals surface area contributed by atoms with Gasteiger partial charge in [-0.15, -0.1) is 10.2 Å². The molecule has 0 atom stereocenters. The van der Waals surface area contributed by atoms with E-state index in [2.05, 4.69) is 20.5 Å². The van der Waals surface area contributed by atoms with Gasteiger partial charge >= 0.3 is 5.97 Å². The average molecular weight is 413 g/mol. The molecule has 0 radical (unpaired) electrons. The molecule has 158 valence electrons. The smallest absolute Gasteiger partial charge is 0.335 e. The Morgan fingerprint density at radius 2 is 1.83 bits per heavy atom. The molecular formula is C21H24FN5O3. The molecule has 0 saturated heterocycles. The summed E-state index contributed by atoms with van der Waals surface area (Å²) in [5.74, 6) is 0.331. The number of nitrogens with zero attached hydrogens (tertiary/aromatic N) is 4. The molecule has 8 nitrogen and oxygen atoms in total. The topological polar surface area (TPSA) is 113 Å². The molecule has 0 bridgehead atoms. The van der Waals surface area contributed by atoms with Gasteiger partial charge in [0.1, 0.15) is 17.5 Å². The summed E-state index contributed by atoms with van der Waals surface area (Å²) >= 11 is 0. The Balaban J connectivity index is 1.75. The number of pyridine rings is 1. The average Bonchev–Trinajstić information content (AvgIpc) is 3.12. The highest BCUT2D eigenvalue weighted by atomic mass is 19.1. The van der Waals surface area contributed by atoms with Crippen LogP contribution >= 0.6 is 0 Å². The van der Waals surface area contributed by atoms with Crippen LogP contribution in [0, 0.1) is 5.82 Å². The van der Waals surface area contributed by atoms with Crippen LogP contribution in [0.1, 0.15) is 58.7 Å². The second kappa shape index (κ2) is 9.55. The summed E-state index contributed by atoms with van der Waals surface area (Å²) in [5, 5.41) is 30.3. The Bertz CT molecular complexity index is 1020. The largest absolute Gasteiger partial charge is 0.478 e. The summed E-state index contributed by atoms with van der Waals surface area (Å²) < 4.78 is 15.2. The quantitative estimate of drug-likeness (QED) is 0.494. The number of halogens is 1. The highest BCUT2D eigenvalue weighted by molar-refractivity contribution is 5.87. The molecule has 0 fully saturated rings. The number of carbonyl (C=O) groups is 1. The summed E-state index contributed by atoms with van der Waals surface area (Å²) in [7, 11) is 0. The van der Waals surface area contributed by atoms with Gasteiger partial charge < -0.3 is 20.1 Å². The Kier molecular flexibility index (Phi) is 6.86. The molecule has 0 unspecified atom stereocenters. The molecule has 1 aromatic carbocycles. The molecule has 30 heavy (non-hydrogen) atoms. The molecule has 3 aromatic rings. The standard InChI is InChI=1S/C21H24FN5O3/c1-13(2)20-26-25-19(27(20)11-14-3-5-16(22)6-4-14)10-23-9-17-7-15(21(29)30)8-18(12-28)24-17/h3-8,13,23,28H,9-12H2,1-2H3,(H,29,30). The first kappa shape index (κ1) is 21.5. The van der Waals surface area contributed by atoms with Gasteiger partial charge in [0.25, 0.3) is 0 Å². The van der Waals surface area contributed by atoms with Crippen LogP contribution in [0.2, 0.25) is 0 Å². The van der Waals surface area contributed by atoms with Crippen LogP contribution in [0.3, 0.4) is 0 Å². The Morgan fingerprint density at radius 3 is 2.47 bits per heavy atom. The van der Waals surface area contributed by atoms with Gasteiger partial charge in [0.15, 0.2) is 0 Å². The third-order valence-electron chi connectivity index (χ3n) is 4.56. The number of aliphatic hydroxyl groups is 1. The normalized spacial score (nSPS) is 11.2. The number of aromatic nitrogens is 4. The first-order valence-corrected chi connectivity index (χ1v) is 9.58. The van der Waals surface area contributed by atoms with E-state index in [4.69, 9.17) is 0 Å². The van der Waals surface area contributed by atoms with Crippen molar-refractivity contribution in [3.63, 3.8) is 0 Å². The number of rotatable bonds is 9. The van der Waals surface area contributed by atoms with E-state index in [1.54, 1.807) is 12.1 Å². The van der Waals surface area contributed by atoms with E-state index in [1.165, 1.54) is 24.3 Å². The predicted molar refractivity (Wildman–Crippen MR) is 107 cm³/mol. The molecule has 0 aliphatic heterocycles. The molecule has 0 aliphatic carbocycles. The molecule has 3 rings (SSSR count). The van der Waals surface area contributed by atoms with Crippen molar-refractivity contribution in [3.05, 3.63) is 76.4 Å². The fourth-order valence-corrected chi connectivity index (χ4v) is 3.10. The van der Waals surface area contributed by atoms with E-state index < -0.39 is 5.97 Å². The number of benzene rings is 1. The van der Waals surface area contributed by atoms with Gasteiger partial charge in [-0.3, -0.25) is 4.98 Å². The van der Waals surface area contributed by atoms with Crippen LogP contribution < -0.4 is 5.32 Å². The maximum Gasteiger partial charge on any atom is 0.335 e. The van der Waals surface area contributed by atoms with E-state index in [1.807, 2.05) is 18.4 Å². The summed E-state index contributed by atoms with van der Waals surface area (Å²) in [6.07, 6.45) is 0. The zero-order chi connectivity index (χ0) is 21.7. The van der Waals surface area contributed by atoms with E-state index in [0.29, 0.717) is 36.8 Å². The number of carboxylic acids is 1. The van der Waals surface area contributed by atoms with Crippen LogP contribution in [0.4, 0.5) is 4.39 Å². The SMILES string of the molecule is CC(C)c1nnc(CNCc2cc(C(=O)O)cc(CO)n2)n1Cc1ccc(F)cc1. The van der Waals surface area contributed by atoms with Gasteiger partial charge in [-0.05, 0) is 29.8 Å². The number of nitrogens with one attached hydrogen (secondary N) is 1. The first-order chi connectivity index (χ1) is 14.4. The van der Waals surface area contributed by atoms with Gasteiger partial charge in [-0.25, -0.2) is 9.18 Å². The van der Waals surface area contributed by atoms with E-state index >= 15 is 0 Å². The van der Waals surface area contributed by atoms with Gasteiger partial charge in [-0.1, -0.05) is 26.0 Å². The number of hydrogen-bond acceptors (Lipinski definition) is 6. The molecule has 0 saturated carbocycles. The number of hydrogen-bond donors (Lipinski definition) is 3. The molecule has 3 N–H and O–H groups in total. The fourth-order valence-electron chi connectivity index (χ4n) is 3.10. The van der Waals surface area contributed by atoms with Crippen LogP contribution in [0.15, 0.2) is 36.4 Å². The van der Waals surface area contributed by atoms with Crippen molar-refractivity contribution < 1.29 is 19.4 Å². The van der Waals surface area contributed by atoms with Crippen molar-refractivity contribution in [2.24, 2.45) is 0 Å². The highest BCUT2D eigenvalue weighted by Gasteiger charge is 2.15. The van der Waals surface area contributed by atoms with Crippen molar-refractivity contribution in [1.82, 2.24) is 25.1 Å². The van der Waals surface area contributed by atoms with Crippen molar-refractivity contribution in [1.29, 1.82) is 0 Å². The predicted octanol–water partition coefficient (Wildman–Crippen LogP) is 2.46. The van der Waals surface area contributed by atoms with Crippen molar-refractivity contribution in [2.75, 3.05) is 0 Å². The second-order valence-electron chi connectivity index (χ2n) is 7.25. The van der Waals surface area contributed by atoms with Crippen LogP contribution in [0.5, 0.6) is 0 Å². The minimum absolute atomic E-state index is 0.0763. The lowest BCUT2D eigenvalue weighted by Crippen LogP contribution is -2.19. The summed E-state index contributed by atoms with van der Waals surface area (Å²) in [6, 6.07) is 9.12. The zero-order valence-corrected chi connectivity index (χ0v) is 16.8. The monoisotopic (exact) mass is 413 g/mol. The van der Waals surface area contributed by atoms with Gasteiger partial charge in [-0.2, -0.15) is 0 Å². The third-order valence-corrected chi connectivity index (χ3v) is 4.56. The third kappa shape index (κ3) is 5.25. The van der Waals surface area contributed by atoms with E-state index in [0.717, 1.165) is 11.4 Å². The fraction of sp³-hybridized carbons (Fsp3) is 0.333. The van der Waals surface area contributed by atoms with Crippen molar-refractivity contribution in [2.45, 2.75) is 46.0 Å². The summed E-state index contributed by atoms with van der Waals surface area (Å²) in [4.78, 5) is 15.5. The van der Waals surface area contributed by atoms with Crippen LogP contribution in [-0.2, 0) is 26.2 Å². The maximum absolute atomic E-state index is 13.2. The van der Waals surface area contributed by atoms with Crippen LogP contribution in [-0.4, -0.2) is 35.9 Å². The molecule has 0 aliphatic rings. The number of aromatic carboxylic acids is 1. The molecule has 2 heterocycles. The number of aliphatic hydroxyl groups excluding tert-OH is 1. The molecular weight excluding hydrogens is 389 g/mol. The van der Waals surface area contributed by atoms with Gasteiger partial charge in [0.2, 0.25) is 0 Å². The Hall–Kier alpha value is -3.17. The number of carboxylic acid groups (broad SMARTS) is 1. The van der Waals surface area contributed by atoms with Gasteiger partial charge in [0, 0.05) is 12.5 Å². The first-order valence-electron chi connectivity index (χ1n) is 9.58. The summed E-state index contributed by atoms with van der Waals surface area (Å²) in [5.41, 5.74) is 1.82.